The van der Waals surface area contributed by atoms with E-state index in [9.17, 15) is 14.9 Å². The zero-order valence-electron chi connectivity index (χ0n) is 15.7. The Morgan fingerprint density at radius 2 is 2.07 bits per heavy atom. The van der Waals surface area contributed by atoms with Gasteiger partial charge in [0, 0.05) is 10.5 Å². The number of amides is 1. The van der Waals surface area contributed by atoms with E-state index < -0.39 is 28.9 Å². The lowest BCUT2D eigenvalue weighted by Gasteiger charge is -2.27. The highest BCUT2D eigenvalue weighted by Crippen LogP contribution is 2.52. The van der Waals surface area contributed by atoms with Crippen molar-refractivity contribution < 1.29 is 19.2 Å². The number of carbonyl (C=O) groups excluding carboxylic acids is 1. The van der Waals surface area contributed by atoms with E-state index in [-0.39, 0.29) is 0 Å². The topological polar surface area (TPSA) is 118 Å². The molecule has 4 rings (SSSR count). The number of nitro groups is 1. The number of nitriles is 1. The predicted molar refractivity (Wildman–Crippen MR) is 103 cm³/mol. The number of carbonyl (C=O) groups is 1. The Kier molecular flexibility index (Phi) is 4.19. The van der Waals surface area contributed by atoms with Crippen molar-refractivity contribution >= 4 is 17.3 Å². The minimum atomic E-state index is -1.63. The molecule has 0 unspecified atom stereocenters. The molecule has 0 radical (unpaired) electrons. The summed E-state index contributed by atoms with van der Waals surface area (Å²) in [5.41, 5.74) is 0.105. The monoisotopic (exact) mass is 392 g/mol. The Hall–Kier alpha value is -3.93. The Bertz CT molecular complexity index is 1090. The summed E-state index contributed by atoms with van der Waals surface area (Å²) in [6.45, 7) is 1.12. The van der Waals surface area contributed by atoms with Crippen molar-refractivity contribution in [3.8, 4) is 17.6 Å². The maximum absolute atomic E-state index is 13.5. The highest BCUT2D eigenvalue weighted by molar-refractivity contribution is 6.23. The van der Waals surface area contributed by atoms with Gasteiger partial charge in [-0.1, -0.05) is 12.1 Å². The first-order chi connectivity index (χ1) is 13.9. The molecule has 0 fully saturated rings. The molecule has 146 valence electrons. The lowest BCUT2D eigenvalue weighted by molar-refractivity contribution is -0.484. The van der Waals surface area contributed by atoms with Gasteiger partial charge >= 0.3 is 0 Å². The van der Waals surface area contributed by atoms with Crippen LogP contribution in [-0.4, -0.2) is 35.8 Å². The van der Waals surface area contributed by atoms with E-state index in [2.05, 4.69) is 5.10 Å². The first-order valence-corrected chi connectivity index (χ1v) is 8.80. The van der Waals surface area contributed by atoms with Crippen LogP contribution in [0.15, 0.2) is 47.6 Å². The van der Waals surface area contributed by atoms with Crippen LogP contribution in [0.3, 0.4) is 0 Å². The van der Waals surface area contributed by atoms with Crippen LogP contribution in [0.4, 0.5) is 5.69 Å². The molecule has 2 heterocycles. The Balaban J connectivity index is 1.81. The normalized spacial score (nSPS) is 22.1. The molecule has 2 aliphatic heterocycles. The maximum Gasteiger partial charge on any atom is 0.298 e. The first-order valence-electron chi connectivity index (χ1n) is 8.80. The van der Waals surface area contributed by atoms with E-state index in [0.717, 1.165) is 0 Å². The third-order valence-corrected chi connectivity index (χ3v) is 5.23. The number of ether oxygens (including phenoxy) is 2. The summed E-state index contributed by atoms with van der Waals surface area (Å²) in [7, 11) is 1.47. The molecule has 0 aromatic heterocycles. The van der Waals surface area contributed by atoms with E-state index in [4.69, 9.17) is 14.7 Å². The number of hydrogen-bond acceptors (Lipinski definition) is 7. The number of methoxy groups -OCH3 is 1. The Morgan fingerprint density at radius 3 is 2.69 bits per heavy atom. The molecule has 1 spiro atoms. The molecule has 9 heteroatoms. The van der Waals surface area contributed by atoms with Crippen LogP contribution in [-0.2, 0) is 4.79 Å². The lowest BCUT2D eigenvalue weighted by atomic mass is 9.80. The molecule has 2 aromatic rings. The summed E-state index contributed by atoms with van der Waals surface area (Å²) < 4.78 is 11.4. The van der Waals surface area contributed by atoms with Gasteiger partial charge in [0.25, 0.3) is 5.91 Å². The lowest BCUT2D eigenvalue weighted by Crippen LogP contribution is -2.54. The second-order valence-corrected chi connectivity index (χ2v) is 6.75. The molecule has 0 saturated heterocycles. The molecular formula is C20H16N4O5. The number of nitrogens with zero attached hydrogens (tertiary/aromatic N) is 4. The number of para-hydroxylation sites is 1. The molecule has 2 atom stereocenters. The summed E-state index contributed by atoms with van der Waals surface area (Å²) in [6, 6.07) is 13.4. The van der Waals surface area contributed by atoms with Gasteiger partial charge in [0.1, 0.15) is 5.92 Å². The largest absolute Gasteiger partial charge is 0.493 e. The van der Waals surface area contributed by atoms with Gasteiger partial charge < -0.3 is 9.47 Å². The van der Waals surface area contributed by atoms with E-state index >= 15 is 0 Å². The van der Waals surface area contributed by atoms with Crippen LogP contribution in [0.2, 0.25) is 0 Å². The van der Waals surface area contributed by atoms with Gasteiger partial charge in [0.2, 0.25) is 12.1 Å². The zero-order chi connectivity index (χ0) is 20.8. The van der Waals surface area contributed by atoms with E-state index in [1.807, 2.05) is 6.07 Å². The van der Waals surface area contributed by atoms with Crippen LogP contribution < -0.4 is 14.5 Å². The molecule has 0 saturated carbocycles. The van der Waals surface area contributed by atoms with Crippen molar-refractivity contribution in [2.75, 3.05) is 18.7 Å². The van der Waals surface area contributed by atoms with E-state index in [1.54, 1.807) is 49.4 Å². The number of benzene rings is 2. The van der Waals surface area contributed by atoms with E-state index in [1.165, 1.54) is 12.1 Å². The molecule has 0 bridgehead atoms. The molecule has 2 aromatic carbocycles. The second-order valence-electron chi connectivity index (χ2n) is 6.75. The van der Waals surface area contributed by atoms with Crippen molar-refractivity contribution in [2.45, 2.75) is 18.4 Å². The van der Waals surface area contributed by atoms with Crippen LogP contribution >= 0.6 is 0 Å². The molecular weight excluding hydrogens is 376 g/mol. The summed E-state index contributed by atoms with van der Waals surface area (Å²) in [6.07, 6.45) is 0. The Labute approximate surface area is 165 Å². The number of fused-ring (bicyclic) bond motifs is 1. The van der Waals surface area contributed by atoms with Gasteiger partial charge in [-0.15, -0.1) is 0 Å². The summed E-state index contributed by atoms with van der Waals surface area (Å²) in [5.74, 6) is -0.677. The molecule has 2 aliphatic rings. The summed E-state index contributed by atoms with van der Waals surface area (Å²) in [5, 5.41) is 25.9. The van der Waals surface area contributed by atoms with Gasteiger partial charge in [0.15, 0.2) is 11.5 Å². The van der Waals surface area contributed by atoms with Gasteiger partial charge in [-0.3, -0.25) is 14.9 Å². The third kappa shape index (κ3) is 2.61. The third-order valence-electron chi connectivity index (χ3n) is 5.23. The van der Waals surface area contributed by atoms with Crippen molar-refractivity contribution in [1.29, 1.82) is 5.26 Å². The van der Waals surface area contributed by atoms with Gasteiger partial charge in [-0.05, 0) is 37.3 Å². The minimum Gasteiger partial charge on any atom is -0.493 e. The van der Waals surface area contributed by atoms with Crippen LogP contribution in [0.1, 0.15) is 24.0 Å². The van der Waals surface area contributed by atoms with Crippen molar-refractivity contribution in [2.24, 2.45) is 5.10 Å². The predicted octanol–water partition coefficient (Wildman–Crippen LogP) is 2.48. The fourth-order valence-corrected chi connectivity index (χ4v) is 3.86. The van der Waals surface area contributed by atoms with Crippen LogP contribution in [0, 0.1) is 21.4 Å². The molecule has 0 aliphatic carbocycles. The summed E-state index contributed by atoms with van der Waals surface area (Å²) in [4.78, 5) is 24.5. The summed E-state index contributed by atoms with van der Waals surface area (Å²) >= 11 is 0. The van der Waals surface area contributed by atoms with Gasteiger partial charge in [0.05, 0.1) is 30.1 Å². The second kappa shape index (κ2) is 6.60. The highest BCUT2D eigenvalue weighted by Gasteiger charge is 2.64. The maximum atomic E-state index is 13.5. The van der Waals surface area contributed by atoms with Gasteiger partial charge in [-0.2, -0.15) is 15.4 Å². The Morgan fingerprint density at radius 1 is 1.34 bits per heavy atom. The standard InChI is InChI=1S/C20H16N4O5/c1-12-20(19(25)24(22-12)14-8-6-13(10-21)7-9-14)16(11-23(26)27)15-4-3-5-17(28-2)18(15)29-20/h3-9,16H,11H2,1-2H3/t16-,20+/m1/s1. The fourth-order valence-electron chi connectivity index (χ4n) is 3.86. The first kappa shape index (κ1) is 18.4. The van der Waals surface area contributed by atoms with Crippen molar-refractivity contribution in [1.82, 2.24) is 0 Å². The molecule has 1 amide bonds. The average Bonchev–Trinajstić information content (AvgIpc) is 3.18. The molecule has 9 nitrogen and oxygen atoms in total. The zero-order valence-corrected chi connectivity index (χ0v) is 15.7. The SMILES string of the molecule is COc1cccc2c1O[C@]1(C(=O)N(c3ccc(C#N)cc3)N=C1C)[C@@H]2C[N+](=O)[O-]. The van der Waals surface area contributed by atoms with E-state index in [0.29, 0.717) is 34.0 Å². The van der Waals surface area contributed by atoms with Crippen molar-refractivity contribution in [3.05, 3.63) is 63.7 Å². The highest BCUT2D eigenvalue weighted by atomic mass is 16.6. The van der Waals surface area contributed by atoms with Gasteiger partial charge in [-0.25, -0.2) is 0 Å². The minimum absolute atomic E-state index is 0.312. The van der Waals surface area contributed by atoms with Crippen molar-refractivity contribution in [3.63, 3.8) is 0 Å². The smallest absolute Gasteiger partial charge is 0.298 e. The number of anilines is 1. The molecule has 0 N–H and O–H groups in total. The van der Waals surface area contributed by atoms with Crippen LogP contribution in [0.25, 0.3) is 0 Å². The van der Waals surface area contributed by atoms with Crippen LogP contribution in [0.5, 0.6) is 11.5 Å². The number of hydrazone groups is 1. The number of hydrogen-bond donors (Lipinski definition) is 0. The quantitative estimate of drug-likeness (QED) is 0.583. The fraction of sp³-hybridized carbons (Fsp3) is 0.250. The average molecular weight is 392 g/mol. The molecule has 29 heavy (non-hydrogen) atoms. The number of rotatable bonds is 4.